The van der Waals surface area contributed by atoms with Gasteiger partial charge in [-0.15, -0.1) is 0 Å². The monoisotopic (exact) mass is 796 g/mol. The van der Waals surface area contributed by atoms with Gasteiger partial charge in [0.1, 0.15) is 30.5 Å². The summed E-state index contributed by atoms with van der Waals surface area (Å²) in [4.78, 5) is 13.0. The molecule has 0 saturated carbocycles. The lowest BCUT2D eigenvalue weighted by atomic mass is 9.99. The summed E-state index contributed by atoms with van der Waals surface area (Å²) in [6.07, 6.45) is 20.3. The summed E-state index contributed by atoms with van der Waals surface area (Å²) >= 11 is 0. The van der Waals surface area contributed by atoms with E-state index >= 15 is 0 Å². The Morgan fingerprint density at radius 1 is 0.741 bits per heavy atom. The molecule has 7 N–H and O–H groups in total. The molecule has 0 bridgehead atoms. The van der Waals surface area contributed by atoms with E-state index in [0.717, 1.165) is 38.5 Å². The number of rotatable bonds is 35. The third-order valence-corrected chi connectivity index (χ3v) is 10.6. The van der Waals surface area contributed by atoms with Gasteiger partial charge in [0.15, 0.2) is 6.29 Å². The van der Waals surface area contributed by atoms with E-state index in [2.05, 4.69) is 23.3 Å². The van der Waals surface area contributed by atoms with Crippen molar-refractivity contribution >= 4 is 16.3 Å². The first-order chi connectivity index (χ1) is 25.9. The van der Waals surface area contributed by atoms with Crippen LogP contribution in [0.5, 0.6) is 0 Å². The molecule has 1 aliphatic heterocycles. The smallest absolute Gasteiger partial charge is 0.394 e. The molecule has 14 heteroatoms. The largest absolute Gasteiger partial charge is 0.397 e. The van der Waals surface area contributed by atoms with Crippen molar-refractivity contribution in [3.05, 3.63) is 12.2 Å². The second-order valence-electron chi connectivity index (χ2n) is 15.1. The van der Waals surface area contributed by atoms with E-state index in [1.54, 1.807) is 0 Å². The van der Waals surface area contributed by atoms with Crippen LogP contribution in [0.15, 0.2) is 12.2 Å². The van der Waals surface area contributed by atoms with Crippen molar-refractivity contribution in [1.82, 2.24) is 5.32 Å². The minimum atomic E-state index is -5.11. The minimum absolute atomic E-state index is 0.246. The predicted octanol–water partition coefficient (Wildman–Crippen LogP) is 6.19. The highest BCUT2D eigenvalue weighted by atomic mass is 32.3. The van der Waals surface area contributed by atoms with E-state index in [9.17, 15) is 38.7 Å². The molecule has 1 heterocycles. The zero-order chi connectivity index (χ0) is 40.0. The Bertz CT molecular complexity index is 1050. The van der Waals surface area contributed by atoms with Crippen LogP contribution in [-0.2, 0) is 28.9 Å². The summed E-state index contributed by atoms with van der Waals surface area (Å²) in [5.41, 5.74) is 0. The summed E-state index contributed by atoms with van der Waals surface area (Å²) in [6, 6.07) is -1.11. The quantitative estimate of drug-likeness (QED) is 0.0218. The molecule has 8 atom stereocenters. The number of allylic oxidation sites excluding steroid dienone is 1. The molecular weight excluding hydrogens is 719 g/mol. The number of ether oxygens (including phenoxy) is 2. The maximum Gasteiger partial charge on any atom is 0.397 e. The second-order valence-corrected chi connectivity index (χ2v) is 16.1. The third kappa shape index (κ3) is 24.4. The lowest BCUT2D eigenvalue weighted by molar-refractivity contribution is -0.298. The molecule has 1 amide bonds. The number of nitrogens with one attached hydrogen (secondary N) is 1. The van der Waals surface area contributed by atoms with E-state index in [1.807, 2.05) is 6.08 Å². The number of amides is 1. The van der Waals surface area contributed by atoms with Crippen LogP contribution >= 0.6 is 0 Å². The first kappa shape index (κ1) is 50.8. The second kappa shape index (κ2) is 31.8. The highest BCUT2D eigenvalue weighted by Crippen LogP contribution is 2.26. The fourth-order valence-electron chi connectivity index (χ4n) is 6.75. The molecule has 13 nitrogen and oxygen atoms in total. The van der Waals surface area contributed by atoms with E-state index in [4.69, 9.17) is 14.0 Å². The van der Waals surface area contributed by atoms with Gasteiger partial charge in [-0.3, -0.25) is 9.35 Å². The standard InChI is InChI=1S/C40H77NO12S/c1-3-5-7-9-11-13-14-15-16-17-18-19-21-22-24-26-28-33(43)32(41-39(47)34(44)29-27-25-23-20-12-10-8-6-4-2)31-51-40-37(46)38(53-54(48,49)50)36(45)35(30-42)52-40/h26,28,32-38,40,42-46H,3-25,27,29-31H2,1-2H3,(H,41,47)(H,48,49,50)/b28-26+. The van der Waals surface area contributed by atoms with Crippen molar-refractivity contribution in [3.8, 4) is 0 Å². The van der Waals surface area contributed by atoms with E-state index in [0.29, 0.717) is 12.8 Å². The van der Waals surface area contributed by atoms with Gasteiger partial charge in [0, 0.05) is 0 Å². The van der Waals surface area contributed by atoms with Crippen molar-refractivity contribution in [2.75, 3.05) is 13.2 Å². The zero-order valence-corrected chi connectivity index (χ0v) is 34.2. The zero-order valence-electron chi connectivity index (χ0n) is 33.4. The first-order valence-electron chi connectivity index (χ1n) is 21.2. The Kier molecular flexibility index (Phi) is 30.0. The van der Waals surface area contributed by atoms with Crippen LogP contribution in [0.2, 0.25) is 0 Å². The van der Waals surface area contributed by atoms with Gasteiger partial charge in [0.25, 0.3) is 0 Å². The highest BCUT2D eigenvalue weighted by molar-refractivity contribution is 7.80. The number of unbranched alkanes of at least 4 members (excludes halogenated alkanes) is 22. The van der Waals surface area contributed by atoms with Crippen LogP contribution in [0, 0.1) is 0 Å². The van der Waals surface area contributed by atoms with E-state index in [1.165, 1.54) is 109 Å². The van der Waals surface area contributed by atoms with Gasteiger partial charge in [-0.1, -0.05) is 167 Å². The molecule has 320 valence electrons. The molecule has 1 aliphatic rings. The topological polar surface area (TPSA) is 212 Å². The minimum Gasteiger partial charge on any atom is -0.394 e. The van der Waals surface area contributed by atoms with Crippen molar-refractivity contribution in [1.29, 1.82) is 0 Å². The summed E-state index contributed by atoms with van der Waals surface area (Å²) < 4.78 is 47.3. The molecule has 0 aromatic rings. The van der Waals surface area contributed by atoms with E-state index in [-0.39, 0.29) is 6.42 Å². The average molecular weight is 796 g/mol. The molecular formula is C40H77NO12S. The molecule has 0 aromatic heterocycles. The van der Waals surface area contributed by atoms with Gasteiger partial charge in [-0.05, 0) is 19.3 Å². The Morgan fingerprint density at radius 2 is 1.20 bits per heavy atom. The maximum atomic E-state index is 13.0. The SMILES string of the molecule is CCCCCCCCCCCCCCCC/C=C/C(O)C(COC1OC(CO)C(O)C(OS(=O)(=O)O)C1O)NC(=O)C(O)CCCCCCCCCCC. The number of hydrogen-bond donors (Lipinski definition) is 7. The molecule has 0 radical (unpaired) electrons. The number of carbonyl (C=O) groups is 1. The molecule has 1 rings (SSSR count). The average Bonchev–Trinajstić information content (AvgIpc) is 3.14. The molecule has 8 unspecified atom stereocenters. The number of carbonyl (C=O) groups excluding carboxylic acids is 1. The van der Waals surface area contributed by atoms with Crippen molar-refractivity contribution in [2.45, 2.75) is 223 Å². The van der Waals surface area contributed by atoms with Gasteiger partial charge in [0.2, 0.25) is 5.91 Å². The normalized spacial score (nSPS) is 22.4. The third-order valence-electron chi connectivity index (χ3n) is 10.2. The number of aliphatic hydroxyl groups is 5. The summed E-state index contributed by atoms with van der Waals surface area (Å²) in [5, 5.41) is 54.9. The maximum absolute atomic E-state index is 13.0. The highest BCUT2D eigenvalue weighted by Gasteiger charge is 2.48. The van der Waals surface area contributed by atoms with Crippen LogP contribution in [0.1, 0.15) is 174 Å². The van der Waals surface area contributed by atoms with E-state index < -0.39 is 78.5 Å². The lowest BCUT2D eigenvalue weighted by Crippen LogP contribution is -2.61. The van der Waals surface area contributed by atoms with Crippen LogP contribution in [0.3, 0.4) is 0 Å². The van der Waals surface area contributed by atoms with Gasteiger partial charge in [0.05, 0.1) is 25.4 Å². The molecule has 54 heavy (non-hydrogen) atoms. The molecule has 0 aromatic carbocycles. The Hall–Kier alpha value is -1.20. The summed E-state index contributed by atoms with van der Waals surface area (Å²) in [6.45, 7) is 3.17. The lowest BCUT2D eigenvalue weighted by Gasteiger charge is -2.41. The van der Waals surface area contributed by atoms with Gasteiger partial charge in [-0.2, -0.15) is 8.42 Å². The van der Waals surface area contributed by atoms with Crippen molar-refractivity contribution in [2.24, 2.45) is 0 Å². The van der Waals surface area contributed by atoms with Crippen molar-refractivity contribution in [3.63, 3.8) is 0 Å². The van der Waals surface area contributed by atoms with Crippen LogP contribution < -0.4 is 5.32 Å². The molecule has 1 fully saturated rings. The molecule has 0 aliphatic carbocycles. The fourth-order valence-corrected chi connectivity index (χ4v) is 7.26. The van der Waals surface area contributed by atoms with Crippen LogP contribution in [0.25, 0.3) is 0 Å². The molecule has 1 saturated heterocycles. The number of hydrogen-bond acceptors (Lipinski definition) is 11. The molecule has 0 spiro atoms. The Labute approximate surface area is 326 Å². The predicted molar refractivity (Wildman–Crippen MR) is 210 cm³/mol. The fraction of sp³-hybridized carbons (Fsp3) is 0.925. The van der Waals surface area contributed by atoms with Crippen LogP contribution in [-0.4, -0.2) is 107 Å². The Morgan fingerprint density at radius 3 is 1.67 bits per heavy atom. The van der Waals surface area contributed by atoms with Crippen molar-refractivity contribution < 1.29 is 57.0 Å². The van der Waals surface area contributed by atoms with Gasteiger partial charge in [-0.25, -0.2) is 4.18 Å². The number of aliphatic hydroxyl groups excluding tert-OH is 5. The van der Waals surface area contributed by atoms with Gasteiger partial charge < -0.3 is 40.3 Å². The first-order valence-corrected chi connectivity index (χ1v) is 22.5. The van der Waals surface area contributed by atoms with Crippen LogP contribution in [0.4, 0.5) is 0 Å². The Balaban J connectivity index is 2.64. The summed E-state index contributed by atoms with van der Waals surface area (Å²) in [5.74, 6) is -0.705. The van der Waals surface area contributed by atoms with Gasteiger partial charge >= 0.3 is 10.4 Å². The summed E-state index contributed by atoms with van der Waals surface area (Å²) in [7, 11) is -5.11.